The van der Waals surface area contributed by atoms with Gasteiger partial charge in [0.05, 0.1) is 18.8 Å². The molecule has 2 aromatic heterocycles. The van der Waals surface area contributed by atoms with E-state index >= 15 is 0 Å². The molecule has 24 heavy (non-hydrogen) atoms. The van der Waals surface area contributed by atoms with E-state index in [9.17, 15) is 9.90 Å². The third-order valence-corrected chi connectivity index (χ3v) is 3.94. The number of aliphatic hydroxyl groups is 1. The highest BCUT2D eigenvalue weighted by molar-refractivity contribution is 5.72. The minimum absolute atomic E-state index is 0.183. The zero-order valence-electron chi connectivity index (χ0n) is 13.8. The van der Waals surface area contributed by atoms with Gasteiger partial charge in [-0.3, -0.25) is 18.9 Å². The van der Waals surface area contributed by atoms with Crippen molar-refractivity contribution in [3.63, 3.8) is 0 Å². The molecule has 0 aliphatic rings. The number of likely N-dealkylation sites (N-methyl/N-ethyl adjacent to an activating group) is 1. The van der Waals surface area contributed by atoms with Crippen LogP contribution < -0.4 is 5.56 Å². The lowest BCUT2D eigenvalue weighted by Crippen LogP contribution is -2.34. The van der Waals surface area contributed by atoms with Gasteiger partial charge in [0.15, 0.2) is 5.65 Å². The fourth-order valence-corrected chi connectivity index (χ4v) is 2.80. The van der Waals surface area contributed by atoms with E-state index in [0.29, 0.717) is 17.6 Å². The second-order valence-corrected chi connectivity index (χ2v) is 6.04. The molecule has 0 spiro atoms. The van der Waals surface area contributed by atoms with E-state index in [-0.39, 0.29) is 12.1 Å². The molecule has 7 nitrogen and oxygen atoms in total. The lowest BCUT2D eigenvalue weighted by molar-refractivity contribution is 0.106. The first-order valence-corrected chi connectivity index (χ1v) is 7.82. The van der Waals surface area contributed by atoms with Gasteiger partial charge in [-0.25, -0.2) is 4.98 Å². The molecule has 0 saturated carbocycles. The zero-order valence-corrected chi connectivity index (χ0v) is 13.8. The smallest absolute Gasteiger partial charge is 0.264 e. The van der Waals surface area contributed by atoms with Gasteiger partial charge >= 0.3 is 0 Å². The van der Waals surface area contributed by atoms with Crippen molar-refractivity contribution in [1.82, 2.24) is 24.2 Å². The first-order chi connectivity index (χ1) is 11.5. The molecule has 0 fully saturated rings. The van der Waals surface area contributed by atoms with Crippen LogP contribution in [0.4, 0.5) is 0 Å². The Kier molecular flexibility index (Phi) is 4.73. The van der Waals surface area contributed by atoms with Crippen LogP contribution in [0.15, 0.2) is 47.7 Å². The molecule has 126 valence electrons. The summed E-state index contributed by atoms with van der Waals surface area (Å²) in [6, 6.07) is 10.1. The normalized spacial score (nSPS) is 12.8. The molecule has 0 unspecified atom stereocenters. The summed E-state index contributed by atoms with van der Waals surface area (Å²) in [6.45, 7) is 1.41. The van der Waals surface area contributed by atoms with Crippen molar-refractivity contribution in [2.24, 2.45) is 7.05 Å². The summed E-state index contributed by atoms with van der Waals surface area (Å²) in [5.41, 5.74) is 1.55. The lowest BCUT2D eigenvalue weighted by atomic mass is 10.2. The molecule has 2 heterocycles. The summed E-state index contributed by atoms with van der Waals surface area (Å²) >= 11 is 0. The molecular formula is C17H21N5O2. The van der Waals surface area contributed by atoms with Crippen molar-refractivity contribution >= 4 is 11.0 Å². The van der Waals surface area contributed by atoms with E-state index in [2.05, 4.69) is 10.1 Å². The molecule has 7 heteroatoms. The molecule has 1 atom stereocenters. The average molecular weight is 327 g/mol. The summed E-state index contributed by atoms with van der Waals surface area (Å²) < 4.78 is 3.00. The van der Waals surface area contributed by atoms with Crippen LogP contribution in [0, 0.1) is 0 Å². The van der Waals surface area contributed by atoms with E-state index < -0.39 is 6.10 Å². The fraction of sp³-hybridized carbons (Fsp3) is 0.353. The minimum atomic E-state index is -0.660. The highest BCUT2D eigenvalue weighted by Crippen LogP contribution is 2.05. The predicted octanol–water partition coefficient (Wildman–Crippen LogP) is 0.623. The molecule has 0 amide bonds. The molecular weight excluding hydrogens is 306 g/mol. The summed E-state index contributed by atoms with van der Waals surface area (Å²) in [5.74, 6) is 0. The molecule has 0 aliphatic carbocycles. The largest absolute Gasteiger partial charge is 0.390 e. The summed E-state index contributed by atoms with van der Waals surface area (Å²) in [7, 11) is 3.69. The van der Waals surface area contributed by atoms with Crippen LogP contribution >= 0.6 is 0 Å². The van der Waals surface area contributed by atoms with Gasteiger partial charge in [-0.2, -0.15) is 5.10 Å². The monoisotopic (exact) mass is 327 g/mol. The SMILES string of the molecule is CN(Cc1ccccc1)C[C@H](O)Cn1cnc2c(cnn2C)c1=O. The summed E-state index contributed by atoms with van der Waals surface area (Å²) in [6.07, 6.45) is 2.31. The fourth-order valence-electron chi connectivity index (χ4n) is 2.80. The summed E-state index contributed by atoms with van der Waals surface area (Å²) in [4.78, 5) is 18.7. The van der Waals surface area contributed by atoms with Gasteiger partial charge < -0.3 is 5.11 Å². The minimum Gasteiger partial charge on any atom is -0.390 e. The van der Waals surface area contributed by atoms with Gasteiger partial charge in [-0.1, -0.05) is 30.3 Å². The Hall–Kier alpha value is -2.51. The highest BCUT2D eigenvalue weighted by atomic mass is 16.3. The lowest BCUT2D eigenvalue weighted by Gasteiger charge is -2.21. The van der Waals surface area contributed by atoms with Crippen LogP contribution in [0.5, 0.6) is 0 Å². The first-order valence-electron chi connectivity index (χ1n) is 7.82. The van der Waals surface area contributed by atoms with E-state index in [1.165, 1.54) is 22.7 Å². The van der Waals surface area contributed by atoms with Crippen LogP contribution in [-0.4, -0.2) is 49.0 Å². The Bertz CT molecular complexity index is 872. The van der Waals surface area contributed by atoms with Gasteiger partial charge in [-0.15, -0.1) is 0 Å². The van der Waals surface area contributed by atoms with Gasteiger partial charge in [0, 0.05) is 20.1 Å². The van der Waals surface area contributed by atoms with Gasteiger partial charge in [0.1, 0.15) is 11.7 Å². The first kappa shape index (κ1) is 16.4. The molecule has 1 aromatic carbocycles. The second kappa shape index (κ2) is 6.94. The molecule has 3 aromatic rings. The van der Waals surface area contributed by atoms with Crippen LogP contribution in [-0.2, 0) is 20.1 Å². The number of aliphatic hydroxyl groups excluding tert-OH is 1. The Morgan fingerprint density at radius 3 is 2.79 bits per heavy atom. The number of rotatable bonds is 6. The van der Waals surface area contributed by atoms with Crippen LogP contribution in [0.2, 0.25) is 0 Å². The second-order valence-electron chi connectivity index (χ2n) is 6.04. The molecule has 0 aliphatic heterocycles. The van der Waals surface area contributed by atoms with Crippen LogP contribution in [0.25, 0.3) is 11.0 Å². The molecule has 0 saturated heterocycles. The van der Waals surface area contributed by atoms with Gasteiger partial charge in [0.25, 0.3) is 5.56 Å². The maximum Gasteiger partial charge on any atom is 0.264 e. The van der Waals surface area contributed by atoms with Crippen LogP contribution in [0.3, 0.4) is 0 Å². The molecule has 1 N–H and O–H groups in total. The standard InChI is InChI=1S/C17H21N5O2/c1-20(9-13-6-4-3-5-7-13)10-14(23)11-22-12-18-16-15(17(22)24)8-19-21(16)2/h3-8,12,14,23H,9-11H2,1-2H3/t14-/m0/s1. The van der Waals surface area contributed by atoms with Crippen molar-refractivity contribution in [3.05, 3.63) is 58.8 Å². The van der Waals surface area contributed by atoms with Crippen molar-refractivity contribution in [2.45, 2.75) is 19.2 Å². The average Bonchev–Trinajstić information content (AvgIpc) is 2.93. The van der Waals surface area contributed by atoms with Crippen molar-refractivity contribution in [3.8, 4) is 0 Å². The van der Waals surface area contributed by atoms with Gasteiger partial charge in [-0.05, 0) is 12.6 Å². The molecule has 0 bridgehead atoms. The Morgan fingerprint density at radius 2 is 2.04 bits per heavy atom. The molecule has 0 radical (unpaired) electrons. The number of hydrogen-bond donors (Lipinski definition) is 1. The van der Waals surface area contributed by atoms with Crippen molar-refractivity contribution in [1.29, 1.82) is 0 Å². The van der Waals surface area contributed by atoms with Gasteiger partial charge in [0.2, 0.25) is 0 Å². The number of benzene rings is 1. The number of aryl methyl sites for hydroxylation is 1. The van der Waals surface area contributed by atoms with E-state index in [1.54, 1.807) is 11.7 Å². The van der Waals surface area contributed by atoms with Crippen molar-refractivity contribution < 1.29 is 5.11 Å². The zero-order chi connectivity index (χ0) is 17.1. The van der Waals surface area contributed by atoms with E-state index in [4.69, 9.17) is 0 Å². The van der Waals surface area contributed by atoms with E-state index in [1.807, 2.05) is 42.3 Å². The predicted molar refractivity (Wildman–Crippen MR) is 91.6 cm³/mol. The third-order valence-electron chi connectivity index (χ3n) is 3.94. The quantitative estimate of drug-likeness (QED) is 0.718. The van der Waals surface area contributed by atoms with E-state index in [0.717, 1.165) is 6.54 Å². The number of hydrogen-bond acceptors (Lipinski definition) is 5. The maximum absolute atomic E-state index is 12.4. The Balaban J connectivity index is 1.65. The van der Waals surface area contributed by atoms with Crippen LogP contribution in [0.1, 0.15) is 5.56 Å². The maximum atomic E-state index is 12.4. The van der Waals surface area contributed by atoms with Crippen molar-refractivity contribution in [2.75, 3.05) is 13.6 Å². The number of aromatic nitrogens is 4. The Labute approximate surface area is 139 Å². The topological polar surface area (TPSA) is 76.2 Å². The summed E-state index contributed by atoms with van der Waals surface area (Å²) in [5, 5.41) is 14.8. The number of fused-ring (bicyclic) bond motifs is 1. The highest BCUT2D eigenvalue weighted by Gasteiger charge is 2.13. The third kappa shape index (κ3) is 3.52. The molecule has 3 rings (SSSR count). The number of nitrogens with zero attached hydrogens (tertiary/aromatic N) is 5. The Morgan fingerprint density at radius 1 is 1.29 bits per heavy atom.